The van der Waals surface area contributed by atoms with Crippen molar-refractivity contribution in [1.82, 2.24) is 15.0 Å². The molecule has 5 nitrogen and oxygen atoms in total. The van der Waals surface area contributed by atoms with Gasteiger partial charge in [0.1, 0.15) is 0 Å². The van der Waals surface area contributed by atoms with E-state index in [1.165, 1.54) is 16.4 Å². The van der Waals surface area contributed by atoms with Crippen molar-refractivity contribution in [2.24, 2.45) is 10.9 Å². The number of hydrogen-bond acceptors (Lipinski definition) is 6. The molecule has 1 aromatic heterocycles. The lowest BCUT2D eigenvalue weighted by molar-refractivity contribution is 0.0977. The van der Waals surface area contributed by atoms with Crippen molar-refractivity contribution in [3.63, 3.8) is 0 Å². The molecule has 2 aromatic rings. The smallest absolute Gasteiger partial charge is 0.257 e. The van der Waals surface area contributed by atoms with Crippen LogP contribution in [0.5, 0.6) is 0 Å². The van der Waals surface area contributed by atoms with E-state index in [0.717, 1.165) is 19.6 Å². The van der Waals surface area contributed by atoms with Crippen molar-refractivity contribution in [3.05, 3.63) is 53.0 Å². The van der Waals surface area contributed by atoms with Crippen molar-refractivity contribution in [3.8, 4) is 0 Å². The monoisotopic (exact) mass is 344 g/mol. The number of rotatable bonds is 2. The Hall–Kier alpha value is -1.70. The van der Waals surface area contributed by atoms with Crippen molar-refractivity contribution in [2.75, 3.05) is 19.6 Å². The Bertz CT molecular complexity index is 732. The molecule has 1 amide bonds. The molecule has 1 fully saturated rings. The van der Waals surface area contributed by atoms with Crippen LogP contribution in [0, 0.1) is 5.92 Å². The number of hydrogen-bond donors (Lipinski definition) is 2. The van der Waals surface area contributed by atoms with Gasteiger partial charge in [-0.2, -0.15) is 0 Å². The Balaban J connectivity index is 1.56. The second-order valence-electron chi connectivity index (χ2n) is 5.66. The molecule has 2 atom stereocenters. The van der Waals surface area contributed by atoms with E-state index in [2.05, 4.69) is 26.1 Å². The molecule has 0 radical (unpaired) electrons. The standard InChI is InChI=1S/C16H16N4OS2/c21-14(11-4-2-1-3-5-11)20-15-18-9-12-8-17-10-16(12,22-15)13-6-7-19-23-13/h1-7,12,17H,8-10H2,(H,18,20,21)/t12-,16+/m1/s1. The fraction of sp³-hybridized carbons (Fsp3) is 0.312. The zero-order valence-corrected chi connectivity index (χ0v) is 14.0. The van der Waals surface area contributed by atoms with Gasteiger partial charge in [0.15, 0.2) is 5.17 Å². The molecule has 2 aliphatic rings. The number of thioether (sulfide) groups is 1. The summed E-state index contributed by atoms with van der Waals surface area (Å²) in [4.78, 5) is 18.2. The van der Waals surface area contributed by atoms with Gasteiger partial charge in [-0.05, 0) is 29.7 Å². The summed E-state index contributed by atoms with van der Waals surface area (Å²) in [6.45, 7) is 2.56. The van der Waals surface area contributed by atoms with E-state index >= 15 is 0 Å². The summed E-state index contributed by atoms with van der Waals surface area (Å²) in [6.07, 6.45) is 1.85. The maximum atomic E-state index is 12.4. The first kappa shape index (κ1) is 14.9. The van der Waals surface area contributed by atoms with Crippen LogP contribution in [0.3, 0.4) is 0 Å². The van der Waals surface area contributed by atoms with E-state index in [0.29, 0.717) is 16.6 Å². The molecule has 118 valence electrons. The molecule has 0 aliphatic carbocycles. The SMILES string of the molecule is O=C(NC1=NC[C@H]2CNC[C@]2(c2ccns2)S1)c1ccccc1. The van der Waals surface area contributed by atoms with Crippen LogP contribution in [-0.2, 0) is 4.75 Å². The molecule has 0 spiro atoms. The Morgan fingerprint density at radius 1 is 1.30 bits per heavy atom. The molecule has 2 aliphatic heterocycles. The molecule has 0 bridgehead atoms. The number of aliphatic imine (C=N–C) groups is 1. The predicted molar refractivity (Wildman–Crippen MR) is 94.0 cm³/mol. The molecule has 23 heavy (non-hydrogen) atoms. The number of carbonyl (C=O) groups excluding carboxylic acids is 1. The third kappa shape index (κ3) is 2.69. The molecule has 2 N–H and O–H groups in total. The summed E-state index contributed by atoms with van der Waals surface area (Å²) >= 11 is 3.19. The van der Waals surface area contributed by atoms with Gasteiger partial charge in [-0.1, -0.05) is 30.0 Å². The van der Waals surface area contributed by atoms with Gasteiger partial charge in [0, 0.05) is 42.2 Å². The number of fused-ring (bicyclic) bond motifs is 1. The van der Waals surface area contributed by atoms with Crippen LogP contribution < -0.4 is 10.6 Å². The van der Waals surface area contributed by atoms with Gasteiger partial charge in [-0.25, -0.2) is 4.37 Å². The summed E-state index contributed by atoms with van der Waals surface area (Å²) in [5.74, 6) is 0.325. The first-order chi connectivity index (χ1) is 11.3. The van der Waals surface area contributed by atoms with Gasteiger partial charge in [0.2, 0.25) is 0 Å². The Morgan fingerprint density at radius 2 is 2.17 bits per heavy atom. The summed E-state index contributed by atoms with van der Waals surface area (Å²) in [6, 6.07) is 11.3. The first-order valence-corrected chi connectivity index (χ1v) is 9.09. The first-order valence-electron chi connectivity index (χ1n) is 7.50. The number of nitrogens with zero attached hydrogens (tertiary/aromatic N) is 2. The van der Waals surface area contributed by atoms with Gasteiger partial charge in [0.05, 0.1) is 4.75 Å². The summed E-state index contributed by atoms with van der Waals surface area (Å²) < 4.78 is 4.19. The highest BCUT2D eigenvalue weighted by atomic mass is 32.2. The van der Waals surface area contributed by atoms with Crippen LogP contribution in [0.15, 0.2) is 47.6 Å². The average molecular weight is 344 g/mol. The van der Waals surface area contributed by atoms with Crippen LogP contribution in [0.25, 0.3) is 0 Å². The van der Waals surface area contributed by atoms with E-state index in [1.807, 2.05) is 36.5 Å². The van der Waals surface area contributed by atoms with Crippen molar-refractivity contribution >= 4 is 34.4 Å². The van der Waals surface area contributed by atoms with E-state index < -0.39 is 0 Å². The molecule has 0 unspecified atom stereocenters. The highest BCUT2D eigenvalue weighted by molar-refractivity contribution is 8.14. The maximum absolute atomic E-state index is 12.4. The lowest BCUT2D eigenvalue weighted by atomic mass is 9.93. The van der Waals surface area contributed by atoms with Gasteiger partial charge in [-0.3, -0.25) is 9.79 Å². The molecule has 1 saturated heterocycles. The number of amides is 1. The Morgan fingerprint density at radius 3 is 2.96 bits per heavy atom. The fourth-order valence-electron chi connectivity index (χ4n) is 3.07. The molecule has 0 saturated carbocycles. The predicted octanol–water partition coefficient (Wildman–Crippen LogP) is 2.09. The average Bonchev–Trinajstić information content (AvgIpc) is 3.25. The van der Waals surface area contributed by atoms with Crippen LogP contribution in [0.2, 0.25) is 0 Å². The second-order valence-corrected chi connectivity index (χ2v) is 7.81. The highest BCUT2D eigenvalue weighted by Gasteiger charge is 2.49. The fourth-order valence-corrected chi connectivity index (χ4v) is 5.35. The van der Waals surface area contributed by atoms with Gasteiger partial charge >= 0.3 is 0 Å². The molecule has 7 heteroatoms. The maximum Gasteiger partial charge on any atom is 0.257 e. The molecule has 4 rings (SSSR count). The second kappa shape index (κ2) is 6.07. The Labute approximate surface area is 142 Å². The van der Waals surface area contributed by atoms with Crippen LogP contribution in [-0.4, -0.2) is 35.1 Å². The number of carbonyl (C=O) groups is 1. The number of nitrogens with one attached hydrogen (secondary N) is 2. The normalized spacial score (nSPS) is 26.4. The minimum atomic E-state index is -0.110. The van der Waals surface area contributed by atoms with E-state index in [9.17, 15) is 4.79 Å². The lowest BCUT2D eigenvalue weighted by Crippen LogP contribution is -2.41. The highest BCUT2D eigenvalue weighted by Crippen LogP contribution is 2.49. The quantitative estimate of drug-likeness (QED) is 0.875. The van der Waals surface area contributed by atoms with Crippen molar-refractivity contribution in [2.45, 2.75) is 4.75 Å². The van der Waals surface area contributed by atoms with Crippen LogP contribution >= 0.6 is 23.3 Å². The third-order valence-electron chi connectivity index (χ3n) is 4.28. The van der Waals surface area contributed by atoms with E-state index in [1.54, 1.807) is 11.8 Å². The van der Waals surface area contributed by atoms with Crippen molar-refractivity contribution < 1.29 is 4.79 Å². The molecular formula is C16H16N4OS2. The molecule has 1 aromatic carbocycles. The largest absolute Gasteiger partial charge is 0.315 e. The van der Waals surface area contributed by atoms with Crippen molar-refractivity contribution in [1.29, 1.82) is 0 Å². The number of benzene rings is 1. The van der Waals surface area contributed by atoms with Crippen LogP contribution in [0.4, 0.5) is 0 Å². The lowest BCUT2D eigenvalue weighted by Gasteiger charge is -2.35. The summed E-state index contributed by atoms with van der Waals surface area (Å²) in [5, 5.41) is 7.14. The van der Waals surface area contributed by atoms with Gasteiger partial charge in [-0.15, -0.1) is 0 Å². The third-order valence-corrected chi connectivity index (χ3v) is 6.82. The van der Waals surface area contributed by atoms with Gasteiger partial charge < -0.3 is 10.6 Å². The Kier molecular flexibility index (Phi) is 3.92. The molecule has 3 heterocycles. The minimum Gasteiger partial charge on any atom is -0.315 e. The topological polar surface area (TPSA) is 66.4 Å². The zero-order chi connectivity index (χ0) is 15.7. The number of aromatic nitrogens is 1. The van der Waals surface area contributed by atoms with E-state index in [4.69, 9.17) is 0 Å². The summed E-state index contributed by atoms with van der Waals surface area (Å²) in [7, 11) is 0. The molecular weight excluding hydrogens is 328 g/mol. The number of amidine groups is 1. The van der Waals surface area contributed by atoms with Crippen LogP contribution in [0.1, 0.15) is 15.2 Å². The zero-order valence-electron chi connectivity index (χ0n) is 12.4. The summed E-state index contributed by atoms with van der Waals surface area (Å²) in [5.41, 5.74) is 0.648. The van der Waals surface area contributed by atoms with Gasteiger partial charge in [0.25, 0.3) is 5.91 Å². The minimum absolute atomic E-state index is 0.0672. The van der Waals surface area contributed by atoms with E-state index in [-0.39, 0.29) is 10.7 Å².